The Morgan fingerprint density at radius 3 is 2.13 bits per heavy atom. The first kappa shape index (κ1) is 20.7. The van der Waals surface area contributed by atoms with Crippen LogP contribution >= 0.6 is 11.3 Å². The second-order valence-electron chi connectivity index (χ2n) is 7.01. The summed E-state index contributed by atoms with van der Waals surface area (Å²) in [5, 5.41) is 13.0. The van der Waals surface area contributed by atoms with Gasteiger partial charge in [0.05, 0.1) is 32.4 Å². The van der Waals surface area contributed by atoms with Gasteiger partial charge in [-0.25, -0.2) is 0 Å². The summed E-state index contributed by atoms with van der Waals surface area (Å²) in [6.45, 7) is 0.276. The molecular weight excluding hydrogens is 414 g/mol. The number of ether oxygens (including phenoxy) is 2. The number of nitrogens with zero attached hydrogens (tertiary/aromatic N) is 1. The minimum atomic E-state index is -0.713. The summed E-state index contributed by atoms with van der Waals surface area (Å²) >= 11 is 1.51. The summed E-state index contributed by atoms with van der Waals surface area (Å²) in [5.74, 6) is -0.263. The quantitative estimate of drug-likeness (QED) is 0.353. The van der Waals surface area contributed by atoms with E-state index in [1.165, 1.54) is 16.2 Å². The topological polar surface area (TPSA) is 76.1 Å². The van der Waals surface area contributed by atoms with Gasteiger partial charge in [0.2, 0.25) is 0 Å². The number of hydrogen-bond donors (Lipinski definition) is 1. The van der Waals surface area contributed by atoms with E-state index in [0.29, 0.717) is 22.6 Å². The lowest BCUT2D eigenvalue weighted by atomic mass is 9.95. The van der Waals surface area contributed by atoms with Crippen molar-refractivity contribution in [2.75, 3.05) is 14.2 Å². The predicted molar refractivity (Wildman–Crippen MR) is 118 cm³/mol. The molecule has 1 saturated heterocycles. The number of hydrogen-bond acceptors (Lipinski definition) is 6. The summed E-state index contributed by atoms with van der Waals surface area (Å²) < 4.78 is 10.4. The van der Waals surface area contributed by atoms with Crippen LogP contribution in [0.15, 0.2) is 71.6 Å². The second-order valence-corrected chi connectivity index (χ2v) is 8.04. The van der Waals surface area contributed by atoms with Crippen LogP contribution in [0.25, 0.3) is 5.76 Å². The number of amides is 1. The molecule has 0 bridgehead atoms. The molecule has 0 saturated carbocycles. The van der Waals surface area contributed by atoms with E-state index in [9.17, 15) is 14.7 Å². The third kappa shape index (κ3) is 3.92. The standard InChI is InChI=1S/C24H21NO5S/c1-29-17-9-5-15(6-10-17)21-20(22(26)16-7-11-18(30-2)12-8-16)23(27)24(28)25(21)14-19-4-3-13-31-19/h3-13,21,26H,14H2,1-2H3/b22-20-. The van der Waals surface area contributed by atoms with Crippen LogP contribution in [0.3, 0.4) is 0 Å². The molecule has 1 aromatic heterocycles. The fourth-order valence-electron chi connectivity index (χ4n) is 3.65. The summed E-state index contributed by atoms with van der Waals surface area (Å²) in [6, 6.07) is 17.0. The van der Waals surface area contributed by atoms with Gasteiger partial charge < -0.3 is 19.5 Å². The molecule has 0 aliphatic carbocycles. The fourth-order valence-corrected chi connectivity index (χ4v) is 4.35. The summed E-state index contributed by atoms with van der Waals surface area (Å²) in [5.41, 5.74) is 1.22. The van der Waals surface area contributed by atoms with E-state index in [4.69, 9.17) is 9.47 Å². The summed E-state index contributed by atoms with van der Waals surface area (Å²) in [6.07, 6.45) is 0. The highest BCUT2D eigenvalue weighted by atomic mass is 32.1. The number of likely N-dealkylation sites (tertiary alicyclic amines) is 1. The van der Waals surface area contributed by atoms with E-state index in [0.717, 1.165) is 4.88 Å². The highest BCUT2D eigenvalue weighted by Crippen LogP contribution is 2.41. The molecule has 1 N–H and O–H groups in total. The van der Waals surface area contributed by atoms with Gasteiger partial charge in [-0.1, -0.05) is 18.2 Å². The number of methoxy groups -OCH3 is 2. The summed E-state index contributed by atoms with van der Waals surface area (Å²) in [4.78, 5) is 28.5. The molecule has 31 heavy (non-hydrogen) atoms. The highest BCUT2D eigenvalue weighted by molar-refractivity contribution is 7.09. The van der Waals surface area contributed by atoms with Crippen LogP contribution in [0.5, 0.6) is 11.5 Å². The Bertz CT molecular complexity index is 1120. The Labute approximate surface area is 184 Å². The van der Waals surface area contributed by atoms with E-state index in [-0.39, 0.29) is 17.9 Å². The zero-order valence-corrected chi connectivity index (χ0v) is 17.9. The van der Waals surface area contributed by atoms with Crippen molar-refractivity contribution in [2.45, 2.75) is 12.6 Å². The lowest BCUT2D eigenvalue weighted by Gasteiger charge is -2.25. The average Bonchev–Trinajstić information content (AvgIpc) is 3.41. The van der Waals surface area contributed by atoms with Crippen molar-refractivity contribution in [3.05, 3.63) is 87.6 Å². The number of aliphatic hydroxyl groups is 1. The second kappa shape index (κ2) is 8.65. The van der Waals surface area contributed by atoms with Crippen molar-refractivity contribution in [2.24, 2.45) is 0 Å². The van der Waals surface area contributed by atoms with Crippen molar-refractivity contribution in [3.8, 4) is 11.5 Å². The molecule has 1 unspecified atom stereocenters. The van der Waals surface area contributed by atoms with Crippen molar-refractivity contribution < 1.29 is 24.2 Å². The van der Waals surface area contributed by atoms with Crippen LogP contribution in [-0.4, -0.2) is 35.9 Å². The molecule has 2 aromatic carbocycles. The maximum absolute atomic E-state index is 13.0. The Hall–Kier alpha value is -3.58. The number of carbonyl (C=O) groups is 2. The van der Waals surface area contributed by atoms with Gasteiger partial charge in [0.15, 0.2) is 0 Å². The van der Waals surface area contributed by atoms with Crippen molar-refractivity contribution in [3.63, 3.8) is 0 Å². The molecule has 1 aliphatic heterocycles. The highest BCUT2D eigenvalue weighted by Gasteiger charge is 2.46. The van der Waals surface area contributed by atoms with Gasteiger partial charge in [-0.2, -0.15) is 0 Å². The van der Waals surface area contributed by atoms with E-state index in [2.05, 4.69) is 0 Å². The van der Waals surface area contributed by atoms with Crippen LogP contribution in [-0.2, 0) is 16.1 Å². The van der Waals surface area contributed by atoms with Crippen LogP contribution in [0.2, 0.25) is 0 Å². The molecule has 0 radical (unpaired) electrons. The number of benzene rings is 2. The number of aliphatic hydroxyl groups excluding tert-OH is 1. The van der Waals surface area contributed by atoms with Crippen LogP contribution in [0.1, 0.15) is 22.0 Å². The van der Waals surface area contributed by atoms with Crippen molar-refractivity contribution >= 4 is 28.8 Å². The summed E-state index contributed by atoms with van der Waals surface area (Å²) in [7, 11) is 3.12. The Kier molecular flexibility index (Phi) is 5.77. The molecule has 4 rings (SSSR count). The lowest BCUT2D eigenvalue weighted by Crippen LogP contribution is -2.28. The smallest absolute Gasteiger partial charge is 0.295 e. The van der Waals surface area contributed by atoms with E-state index < -0.39 is 17.7 Å². The Balaban J connectivity index is 1.83. The number of Topliss-reactive ketones (excluding diaryl/α,β-unsaturated/α-hetero) is 1. The molecule has 2 heterocycles. The third-order valence-corrected chi connectivity index (χ3v) is 6.10. The number of thiophene rings is 1. The van der Waals surface area contributed by atoms with Gasteiger partial charge in [0, 0.05) is 10.4 Å². The molecule has 0 spiro atoms. The maximum Gasteiger partial charge on any atom is 0.295 e. The van der Waals surface area contributed by atoms with E-state index in [1.807, 2.05) is 17.5 Å². The molecule has 3 aromatic rings. The van der Waals surface area contributed by atoms with Gasteiger partial charge in [0.25, 0.3) is 11.7 Å². The SMILES string of the molecule is COc1ccc(/C(O)=C2/C(=O)C(=O)N(Cc3cccs3)C2c2ccc(OC)cc2)cc1. The molecule has 1 aliphatic rings. The molecule has 158 valence electrons. The first-order chi connectivity index (χ1) is 15.0. The zero-order valence-electron chi connectivity index (χ0n) is 17.1. The van der Waals surface area contributed by atoms with Gasteiger partial charge in [-0.3, -0.25) is 9.59 Å². The van der Waals surface area contributed by atoms with Gasteiger partial charge in [-0.05, 0) is 53.4 Å². The lowest BCUT2D eigenvalue weighted by molar-refractivity contribution is -0.140. The van der Waals surface area contributed by atoms with Crippen LogP contribution < -0.4 is 9.47 Å². The molecule has 1 atom stereocenters. The molecule has 1 fully saturated rings. The molecule has 7 heteroatoms. The van der Waals surface area contributed by atoms with E-state index >= 15 is 0 Å². The van der Waals surface area contributed by atoms with Gasteiger partial charge in [-0.15, -0.1) is 11.3 Å². The van der Waals surface area contributed by atoms with Crippen molar-refractivity contribution in [1.82, 2.24) is 4.90 Å². The number of ketones is 1. The fraction of sp³-hybridized carbons (Fsp3) is 0.167. The zero-order chi connectivity index (χ0) is 22.0. The largest absolute Gasteiger partial charge is 0.507 e. The van der Waals surface area contributed by atoms with Crippen LogP contribution in [0.4, 0.5) is 0 Å². The predicted octanol–water partition coefficient (Wildman–Crippen LogP) is 4.39. The van der Waals surface area contributed by atoms with Gasteiger partial charge >= 0.3 is 0 Å². The molecule has 6 nitrogen and oxygen atoms in total. The molecule has 1 amide bonds. The Morgan fingerprint density at radius 2 is 1.58 bits per heavy atom. The van der Waals surface area contributed by atoms with E-state index in [1.54, 1.807) is 62.8 Å². The Morgan fingerprint density at radius 1 is 0.968 bits per heavy atom. The molecular formula is C24H21NO5S. The normalized spacial score (nSPS) is 17.7. The number of carbonyl (C=O) groups excluding carboxylic acids is 2. The minimum absolute atomic E-state index is 0.0666. The number of rotatable bonds is 6. The van der Waals surface area contributed by atoms with Gasteiger partial charge in [0.1, 0.15) is 17.3 Å². The average molecular weight is 436 g/mol. The first-order valence-electron chi connectivity index (χ1n) is 9.62. The van der Waals surface area contributed by atoms with Crippen molar-refractivity contribution in [1.29, 1.82) is 0 Å². The monoisotopic (exact) mass is 435 g/mol. The minimum Gasteiger partial charge on any atom is -0.507 e. The van der Waals surface area contributed by atoms with Crippen LogP contribution in [0, 0.1) is 0 Å². The maximum atomic E-state index is 13.0. The first-order valence-corrected chi connectivity index (χ1v) is 10.5. The third-order valence-electron chi connectivity index (χ3n) is 5.24.